The Bertz CT molecular complexity index is 2040. The molecule has 0 radical (unpaired) electrons. The van der Waals surface area contributed by atoms with Crippen molar-refractivity contribution in [2.45, 2.75) is 0 Å². The molecule has 214 valence electrons. The highest BCUT2D eigenvalue weighted by molar-refractivity contribution is 6.18. The van der Waals surface area contributed by atoms with Crippen LogP contribution in [0.25, 0.3) is 33.3 Å². The van der Waals surface area contributed by atoms with Crippen molar-refractivity contribution in [2.75, 3.05) is 9.80 Å². The fourth-order valence-corrected chi connectivity index (χ4v) is 6.05. The molecule has 0 aliphatic carbocycles. The van der Waals surface area contributed by atoms with Gasteiger partial charge in [-0.05, 0) is 72.8 Å². The van der Waals surface area contributed by atoms with Gasteiger partial charge in [-0.25, -0.2) is 4.98 Å². The highest BCUT2D eigenvalue weighted by atomic mass is 16.3. The van der Waals surface area contributed by atoms with Crippen LogP contribution in [0.3, 0.4) is 0 Å². The van der Waals surface area contributed by atoms with E-state index >= 15 is 0 Å². The highest BCUT2D eigenvalue weighted by Gasteiger charge is 2.24. The smallest absolute Gasteiger partial charge is 0.227 e. The lowest BCUT2D eigenvalue weighted by Crippen LogP contribution is -2.12. The maximum Gasteiger partial charge on any atom is 0.227 e. The van der Waals surface area contributed by atoms with Gasteiger partial charge >= 0.3 is 0 Å². The molecule has 0 atom stereocenters. The number of benzene rings is 7. The molecule has 0 saturated heterocycles. The maximum absolute atomic E-state index is 6.72. The topological polar surface area (TPSA) is 32.5 Å². The lowest BCUT2D eigenvalue weighted by Gasteiger charge is -2.29. The van der Waals surface area contributed by atoms with Crippen molar-refractivity contribution in [3.05, 3.63) is 176 Å². The van der Waals surface area contributed by atoms with Gasteiger partial charge in [0, 0.05) is 33.7 Å². The second kappa shape index (κ2) is 11.5. The number of hydrogen-bond donors (Lipinski definition) is 0. The van der Waals surface area contributed by atoms with Crippen LogP contribution in [0.1, 0.15) is 0 Å². The molecule has 8 rings (SSSR count). The minimum absolute atomic E-state index is 0.593. The van der Waals surface area contributed by atoms with E-state index in [-0.39, 0.29) is 0 Å². The van der Waals surface area contributed by atoms with E-state index in [4.69, 9.17) is 9.40 Å². The molecule has 4 nitrogen and oxygen atoms in total. The molecule has 8 aromatic rings. The summed E-state index contributed by atoms with van der Waals surface area (Å²) in [4.78, 5) is 9.70. The molecule has 0 aliphatic heterocycles. The first-order valence-electron chi connectivity index (χ1n) is 15.1. The normalized spacial score (nSPS) is 11.1. The van der Waals surface area contributed by atoms with Gasteiger partial charge < -0.3 is 14.2 Å². The molecule has 0 N–H and O–H groups in total. The van der Waals surface area contributed by atoms with E-state index in [9.17, 15) is 0 Å². The standard InChI is InChI=1S/C41H29N3O/c1-6-17-30(18-7-1)41-42-36-29-38(44(33-23-12-4-13-24-33)34-25-14-5-15-26-34)35-27-16-28-37(39(35)40(36)45-41)43(31-19-8-2-9-20-31)32-21-10-3-11-22-32/h1-29H. The summed E-state index contributed by atoms with van der Waals surface area (Å²) < 4.78 is 6.72. The van der Waals surface area contributed by atoms with Crippen LogP contribution in [0.5, 0.6) is 0 Å². The summed E-state index contributed by atoms with van der Waals surface area (Å²) in [6.07, 6.45) is 0. The SMILES string of the molecule is c1ccc(-c2nc3cc(N(c4ccccc4)c4ccccc4)c4cccc(N(c5ccccc5)c5ccccc5)c4c3o2)cc1. The van der Waals surface area contributed by atoms with Crippen LogP contribution in [0.2, 0.25) is 0 Å². The van der Waals surface area contributed by atoms with Gasteiger partial charge in [-0.3, -0.25) is 0 Å². The molecule has 0 spiro atoms. The lowest BCUT2D eigenvalue weighted by molar-refractivity contribution is 0.623. The molecular weight excluding hydrogens is 550 g/mol. The van der Waals surface area contributed by atoms with E-state index in [1.54, 1.807) is 0 Å². The second-order valence-corrected chi connectivity index (χ2v) is 10.8. The molecule has 0 bridgehead atoms. The number of para-hydroxylation sites is 4. The molecule has 45 heavy (non-hydrogen) atoms. The molecule has 0 amide bonds. The molecule has 0 saturated carbocycles. The van der Waals surface area contributed by atoms with Crippen LogP contribution >= 0.6 is 0 Å². The van der Waals surface area contributed by atoms with Crippen LogP contribution in [0.15, 0.2) is 180 Å². The largest absolute Gasteiger partial charge is 0.435 e. The average molecular weight is 580 g/mol. The van der Waals surface area contributed by atoms with E-state index in [1.165, 1.54) is 0 Å². The molecular formula is C41H29N3O. The number of rotatable bonds is 7. The van der Waals surface area contributed by atoms with Crippen molar-refractivity contribution in [1.82, 2.24) is 4.98 Å². The predicted molar refractivity (Wildman–Crippen MR) is 186 cm³/mol. The number of hydrogen-bond acceptors (Lipinski definition) is 4. The van der Waals surface area contributed by atoms with Crippen LogP contribution < -0.4 is 9.80 Å². The molecule has 0 unspecified atom stereocenters. The third-order valence-electron chi connectivity index (χ3n) is 8.03. The quantitative estimate of drug-likeness (QED) is 0.188. The van der Waals surface area contributed by atoms with Crippen LogP contribution in [-0.2, 0) is 0 Å². The van der Waals surface area contributed by atoms with Crippen LogP contribution in [0, 0.1) is 0 Å². The fraction of sp³-hybridized carbons (Fsp3) is 0. The number of nitrogens with zero attached hydrogens (tertiary/aromatic N) is 3. The minimum atomic E-state index is 0.593. The van der Waals surface area contributed by atoms with Crippen molar-refractivity contribution in [2.24, 2.45) is 0 Å². The third-order valence-corrected chi connectivity index (χ3v) is 8.03. The highest BCUT2D eigenvalue weighted by Crippen LogP contribution is 2.47. The van der Waals surface area contributed by atoms with Gasteiger partial charge in [0.15, 0.2) is 5.58 Å². The molecule has 0 aliphatic rings. The van der Waals surface area contributed by atoms with Crippen molar-refractivity contribution >= 4 is 56.0 Å². The van der Waals surface area contributed by atoms with E-state index in [0.29, 0.717) is 5.89 Å². The summed E-state index contributed by atoms with van der Waals surface area (Å²) in [5.41, 5.74) is 8.74. The van der Waals surface area contributed by atoms with E-state index in [1.807, 2.05) is 54.6 Å². The van der Waals surface area contributed by atoms with E-state index < -0.39 is 0 Å². The summed E-state index contributed by atoms with van der Waals surface area (Å²) in [5.74, 6) is 0.593. The predicted octanol–water partition coefficient (Wildman–Crippen LogP) is 11.6. The Kier molecular flexibility index (Phi) is 6.78. The summed E-state index contributed by atoms with van der Waals surface area (Å²) in [7, 11) is 0. The molecule has 1 heterocycles. The van der Waals surface area contributed by atoms with Crippen molar-refractivity contribution < 1.29 is 4.42 Å². The molecule has 4 heteroatoms. The zero-order valence-corrected chi connectivity index (χ0v) is 24.5. The lowest BCUT2D eigenvalue weighted by atomic mass is 10.0. The van der Waals surface area contributed by atoms with Crippen LogP contribution in [-0.4, -0.2) is 4.98 Å². The average Bonchev–Trinajstić information content (AvgIpc) is 3.55. The van der Waals surface area contributed by atoms with Gasteiger partial charge in [0.05, 0.1) is 16.8 Å². The molecule has 7 aromatic carbocycles. The maximum atomic E-state index is 6.72. The number of aromatic nitrogens is 1. The zero-order valence-electron chi connectivity index (χ0n) is 24.5. The van der Waals surface area contributed by atoms with Gasteiger partial charge in [0.1, 0.15) is 5.52 Å². The number of anilines is 6. The molecule has 0 fully saturated rings. The summed E-state index contributed by atoms with van der Waals surface area (Å²) in [5, 5.41) is 2.05. The van der Waals surface area contributed by atoms with Crippen molar-refractivity contribution in [3.8, 4) is 11.5 Å². The Morgan fingerprint density at radius 1 is 0.422 bits per heavy atom. The van der Waals surface area contributed by atoms with Crippen molar-refractivity contribution in [1.29, 1.82) is 0 Å². The van der Waals surface area contributed by atoms with E-state index in [2.05, 4.69) is 131 Å². The zero-order chi connectivity index (χ0) is 30.0. The summed E-state index contributed by atoms with van der Waals surface area (Å²) in [6, 6.07) is 60.7. The Balaban J connectivity index is 1.49. The third kappa shape index (κ3) is 4.89. The minimum Gasteiger partial charge on any atom is -0.435 e. The van der Waals surface area contributed by atoms with Gasteiger partial charge in [0.2, 0.25) is 5.89 Å². The van der Waals surface area contributed by atoms with E-state index in [0.717, 1.165) is 61.6 Å². The Labute approximate surface area is 262 Å². The first kappa shape index (κ1) is 26.5. The second-order valence-electron chi connectivity index (χ2n) is 10.8. The first-order chi connectivity index (χ1) is 22.3. The van der Waals surface area contributed by atoms with Gasteiger partial charge in [-0.1, -0.05) is 103 Å². The summed E-state index contributed by atoms with van der Waals surface area (Å²) >= 11 is 0. The Morgan fingerprint density at radius 3 is 1.36 bits per heavy atom. The molecule has 1 aromatic heterocycles. The van der Waals surface area contributed by atoms with Crippen LogP contribution in [0.4, 0.5) is 34.1 Å². The van der Waals surface area contributed by atoms with Gasteiger partial charge in [-0.2, -0.15) is 0 Å². The monoisotopic (exact) mass is 579 g/mol. The summed E-state index contributed by atoms with van der Waals surface area (Å²) in [6.45, 7) is 0. The first-order valence-corrected chi connectivity index (χ1v) is 15.1. The Morgan fingerprint density at radius 2 is 0.867 bits per heavy atom. The van der Waals surface area contributed by atoms with Gasteiger partial charge in [0.25, 0.3) is 0 Å². The number of oxazole rings is 1. The fourth-order valence-electron chi connectivity index (χ4n) is 6.05. The number of fused-ring (bicyclic) bond motifs is 3. The Hall–Kier alpha value is -6.13. The van der Waals surface area contributed by atoms with Gasteiger partial charge in [-0.15, -0.1) is 0 Å². The van der Waals surface area contributed by atoms with Crippen molar-refractivity contribution in [3.63, 3.8) is 0 Å².